The minimum Gasteiger partial charge on any atom is -0.338 e. The Morgan fingerprint density at radius 2 is 2.20 bits per heavy atom. The first-order valence-electron chi connectivity index (χ1n) is 8.63. The maximum absolute atomic E-state index is 12.8. The van der Waals surface area contributed by atoms with Crippen molar-refractivity contribution in [3.05, 3.63) is 32.5 Å². The average Bonchev–Trinajstić information content (AvgIpc) is 3.30. The van der Waals surface area contributed by atoms with Crippen LogP contribution >= 0.6 is 23.1 Å². The third-order valence-corrected chi connectivity index (χ3v) is 6.69. The minimum atomic E-state index is 0.0565. The summed E-state index contributed by atoms with van der Waals surface area (Å²) in [7, 11) is 1.79. The first-order valence-corrected chi connectivity index (χ1v) is 10.4. The van der Waals surface area contributed by atoms with Gasteiger partial charge in [-0.1, -0.05) is 30.3 Å². The molecule has 3 aromatic rings. The van der Waals surface area contributed by atoms with E-state index in [1.54, 1.807) is 23.0 Å². The molecule has 3 heterocycles. The van der Waals surface area contributed by atoms with Crippen molar-refractivity contribution in [1.29, 1.82) is 0 Å². The largest absolute Gasteiger partial charge is 0.338 e. The number of thiophene rings is 1. The molecule has 3 aromatic heterocycles. The van der Waals surface area contributed by atoms with Crippen molar-refractivity contribution in [2.75, 3.05) is 0 Å². The van der Waals surface area contributed by atoms with Crippen LogP contribution in [-0.4, -0.2) is 19.7 Å². The summed E-state index contributed by atoms with van der Waals surface area (Å²) in [6.07, 6.45) is 6.23. The molecule has 0 saturated heterocycles. The monoisotopic (exact) mass is 376 g/mol. The third-order valence-electron chi connectivity index (χ3n) is 4.49. The van der Waals surface area contributed by atoms with Gasteiger partial charge in [-0.15, -0.1) is 11.3 Å². The summed E-state index contributed by atoms with van der Waals surface area (Å²) in [6.45, 7) is 2.14. The van der Waals surface area contributed by atoms with Gasteiger partial charge in [0.15, 0.2) is 11.0 Å². The molecule has 0 spiro atoms. The second kappa shape index (κ2) is 6.92. The number of unbranched alkanes of at least 4 members (excludes halogenated alkanes) is 1. The van der Waals surface area contributed by atoms with Gasteiger partial charge in [-0.2, -0.15) is 4.98 Å². The van der Waals surface area contributed by atoms with Crippen LogP contribution in [0.3, 0.4) is 0 Å². The molecule has 6 nitrogen and oxygen atoms in total. The van der Waals surface area contributed by atoms with E-state index in [-0.39, 0.29) is 5.56 Å². The lowest BCUT2D eigenvalue weighted by Crippen LogP contribution is -2.20. The fraction of sp³-hybridized carbons (Fsp3) is 0.529. The number of rotatable bonds is 6. The molecular formula is C17H20N4O2S2. The second-order valence-electron chi connectivity index (χ2n) is 6.29. The molecule has 0 radical (unpaired) electrons. The number of thioether (sulfide) groups is 1. The average molecular weight is 377 g/mol. The lowest BCUT2D eigenvalue weighted by Gasteiger charge is -2.06. The first-order chi connectivity index (χ1) is 12.2. The lowest BCUT2D eigenvalue weighted by atomic mass is 10.2. The summed E-state index contributed by atoms with van der Waals surface area (Å²) in [6, 6.07) is 0. The highest BCUT2D eigenvalue weighted by atomic mass is 32.2. The molecule has 0 unspecified atom stereocenters. The number of aromatic nitrogens is 4. The van der Waals surface area contributed by atoms with Gasteiger partial charge in [-0.25, -0.2) is 4.98 Å². The molecule has 132 valence electrons. The molecule has 0 amide bonds. The predicted molar refractivity (Wildman–Crippen MR) is 99.4 cm³/mol. The van der Waals surface area contributed by atoms with Crippen molar-refractivity contribution in [2.24, 2.45) is 7.05 Å². The van der Waals surface area contributed by atoms with Crippen LogP contribution in [0, 0.1) is 0 Å². The SMILES string of the molecule is CCCCc1noc(CSc2nc3sc4c(c3c(=O)n2C)CCC4)n1. The van der Waals surface area contributed by atoms with Crippen LogP contribution in [0.2, 0.25) is 0 Å². The summed E-state index contributed by atoms with van der Waals surface area (Å²) in [5.41, 5.74) is 1.28. The topological polar surface area (TPSA) is 73.8 Å². The number of aryl methyl sites for hydroxylation is 3. The van der Waals surface area contributed by atoms with E-state index in [1.165, 1.54) is 22.2 Å². The Labute approximate surface area is 153 Å². The van der Waals surface area contributed by atoms with Crippen LogP contribution in [0.5, 0.6) is 0 Å². The van der Waals surface area contributed by atoms with Gasteiger partial charge in [0.2, 0.25) is 5.89 Å². The molecule has 0 aliphatic heterocycles. The van der Waals surface area contributed by atoms with Gasteiger partial charge >= 0.3 is 0 Å². The maximum Gasteiger partial charge on any atom is 0.262 e. The maximum atomic E-state index is 12.8. The Kier molecular flexibility index (Phi) is 4.64. The fourth-order valence-corrected chi connectivity index (χ4v) is 5.26. The standard InChI is InChI=1S/C17H20N4O2S2/c1-3-4-8-12-18-13(23-20-12)9-24-17-19-15-14(16(22)21(17)2)10-6-5-7-11(10)25-15/h3-9H2,1-2H3. The molecule has 8 heteroatoms. The predicted octanol–water partition coefficient (Wildman–Crippen LogP) is 3.50. The highest BCUT2D eigenvalue weighted by molar-refractivity contribution is 7.98. The van der Waals surface area contributed by atoms with Crippen molar-refractivity contribution in [3.8, 4) is 0 Å². The number of hydrogen-bond acceptors (Lipinski definition) is 7. The Hall–Kier alpha value is -1.67. The zero-order chi connectivity index (χ0) is 17.4. The Morgan fingerprint density at radius 1 is 1.32 bits per heavy atom. The van der Waals surface area contributed by atoms with E-state index in [0.717, 1.165) is 54.6 Å². The highest BCUT2D eigenvalue weighted by Crippen LogP contribution is 2.35. The molecule has 1 aliphatic carbocycles. The van der Waals surface area contributed by atoms with E-state index in [2.05, 4.69) is 17.1 Å². The van der Waals surface area contributed by atoms with Crippen molar-refractivity contribution in [1.82, 2.24) is 19.7 Å². The number of hydrogen-bond donors (Lipinski definition) is 0. The first kappa shape index (κ1) is 16.8. The van der Waals surface area contributed by atoms with Gasteiger partial charge in [0.1, 0.15) is 4.83 Å². The van der Waals surface area contributed by atoms with Gasteiger partial charge < -0.3 is 4.52 Å². The van der Waals surface area contributed by atoms with Gasteiger partial charge in [0.25, 0.3) is 5.56 Å². The Morgan fingerprint density at radius 3 is 3.04 bits per heavy atom. The Balaban J connectivity index is 1.56. The summed E-state index contributed by atoms with van der Waals surface area (Å²) < 4.78 is 6.94. The van der Waals surface area contributed by atoms with Crippen molar-refractivity contribution in [3.63, 3.8) is 0 Å². The van der Waals surface area contributed by atoms with E-state index in [0.29, 0.717) is 16.8 Å². The quantitative estimate of drug-likeness (QED) is 0.484. The van der Waals surface area contributed by atoms with E-state index in [4.69, 9.17) is 9.51 Å². The highest BCUT2D eigenvalue weighted by Gasteiger charge is 2.22. The van der Waals surface area contributed by atoms with Crippen LogP contribution in [0.4, 0.5) is 0 Å². The zero-order valence-electron chi connectivity index (χ0n) is 14.4. The molecule has 0 fully saturated rings. The molecule has 0 atom stereocenters. The van der Waals surface area contributed by atoms with Crippen molar-refractivity contribution < 1.29 is 4.52 Å². The molecule has 0 bridgehead atoms. The zero-order valence-corrected chi connectivity index (χ0v) is 16.0. The van der Waals surface area contributed by atoms with Crippen LogP contribution in [0.25, 0.3) is 10.2 Å². The fourth-order valence-electron chi connectivity index (χ4n) is 3.15. The van der Waals surface area contributed by atoms with Crippen LogP contribution in [0.1, 0.15) is 48.3 Å². The summed E-state index contributed by atoms with van der Waals surface area (Å²) in [4.78, 5) is 24.1. The normalized spacial score (nSPS) is 13.7. The smallest absolute Gasteiger partial charge is 0.262 e. The van der Waals surface area contributed by atoms with Crippen LogP contribution in [0.15, 0.2) is 14.5 Å². The van der Waals surface area contributed by atoms with E-state index >= 15 is 0 Å². The lowest BCUT2D eigenvalue weighted by molar-refractivity contribution is 0.384. The third kappa shape index (κ3) is 3.13. The molecule has 0 N–H and O–H groups in total. The molecular weight excluding hydrogens is 356 g/mol. The van der Waals surface area contributed by atoms with E-state index < -0.39 is 0 Å². The minimum absolute atomic E-state index is 0.0565. The number of nitrogens with zero attached hydrogens (tertiary/aromatic N) is 4. The van der Waals surface area contributed by atoms with Gasteiger partial charge in [0, 0.05) is 18.3 Å². The van der Waals surface area contributed by atoms with Gasteiger partial charge in [-0.05, 0) is 31.2 Å². The second-order valence-corrected chi connectivity index (χ2v) is 8.32. The number of fused-ring (bicyclic) bond motifs is 3. The van der Waals surface area contributed by atoms with E-state index in [9.17, 15) is 4.79 Å². The summed E-state index contributed by atoms with van der Waals surface area (Å²) in [5.74, 6) is 1.86. The summed E-state index contributed by atoms with van der Waals surface area (Å²) >= 11 is 3.14. The molecule has 4 rings (SSSR count). The molecule has 0 aromatic carbocycles. The van der Waals surface area contributed by atoms with Crippen molar-refractivity contribution in [2.45, 2.75) is 56.4 Å². The molecule has 1 aliphatic rings. The van der Waals surface area contributed by atoms with Gasteiger partial charge in [-0.3, -0.25) is 9.36 Å². The summed E-state index contributed by atoms with van der Waals surface area (Å²) in [5, 5.41) is 5.53. The van der Waals surface area contributed by atoms with Crippen LogP contribution < -0.4 is 5.56 Å². The molecule has 25 heavy (non-hydrogen) atoms. The van der Waals surface area contributed by atoms with Gasteiger partial charge in [0.05, 0.1) is 11.1 Å². The molecule has 0 saturated carbocycles. The van der Waals surface area contributed by atoms with E-state index in [1.807, 2.05) is 0 Å². The Bertz CT molecular complexity index is 973. The van der Waals surface area contributed by atoms with Crippen LogP contribution in [-0.2, 0) is 32.1 Å². The van der Waals surface area contributed by atoms with Crippen molar-refractivity contribution >= 4 is 33.3 Å².